The van der Waals surface area contributed by atoms with Gasteiger partial charge in [0.2, 0.25) is 5.91 Å². The second-order valence-corrected chi connectivity index (χ2v) is 8.91. The summed E-state index contributed by atoms with van der Waals surface area (Å²) in [7, 11) is 0. The van der Waals surface area contributed by atoms with Crippen LogP contribution < -0.4 is 5.32 Å². The third-order valence-corrected chi connectivity index (χ3v) is 6.50. The molecule has 126 valence electrons. The highest BCUT2D eigenvalue weighted by atomic mass is 19.1. The highest BCUT2D eigenvalue weighted by Crippen LogP contribution is 2.60. The summed E-state index contributed by atoms with van der Waals surface area (Å²) in [6, 6.07) is 0.0949. The molecule has 4 aliphatic carbocycles. The molecule has 4 bridgehead atoms. The number of hydrogen-bond acceptors (Lipinski definition) is 1. The molecule has 4 aliphatic rings. The molecule has 0 radical (unpaired) electrons. The normalized spacial score (nSPS) is 39.0. The Morgan fingerprint density at radius 2 is 1.55 bits per heavy atom. The van der Waals surface area contributed by atoms with E-state index < -0.39 is 6.17 Å². The SMILES string of the molecule is CC(CCC(F)C(C)C)NC(=O)C12CC3CC(CC(C3)C1)C2. The topological polar surface area (TPSA) is 29.1 Å². The number of alkyl halides is 1. The Bertz CT molecular complexity index is 384. The van der Waals surface area contributed by atoms with Crippen molar-refractivity contribution in [3.8, 4) is 0 Å². The number of rotatable bonds is 6. The van der Waals surface area contributed by atoms with E-state index in [1.165, 1.54) is 19.3 Å². The van der Waals surface area contributed by atoms with Gasteiger partial charge < -0.3 is 5.32 Å². The van der Waals surface area contributed by atoms with Gasteiger partial charge in [-0.25, -0.2) is 4.39 Å². The van der Waals surface area contributed by atoms with Crippen molar-refractivity contribution in [3.05, 3.63) is 0 Å². The molecule has 0 spiro atoms. The van der Waals surface area contributed by atoms with E-state index in [1.807, 2.05) is 20.8 Å². The van der Waals surface area contributed by atoms with Gasteiger partial charge in [-0.2, -0.15) is 0 Å². The molecule has 0 saturated heterocycles. The van der Waals surface area contributed by atoms with Crippen LogP contribution in [0.1, 0.15) is 72.1 Å². The predicted octanol–water partition coefficient (Wildman–Crippen LogP) is 4.48. The largest absolute Gasteiger partial charge is 0.353 e. The molecular formula is C19H32FNO. The number of carbonyl (C=O) groups excluding carboxylic acids is 1. The van der Waals surface area contributed by atoms with Crippen molar-refractivity contribution in [3.63, 3.8) is 0 Å². The van der Waals surface area contributed by atoms with Crippen LogP contribution in [-0.4, -0.2) is 18.1 Å². The Kier molecular flexibility index (Phi) is 4.53. The van der Waals surface area contributed by atoms with Crippen molar-refractivity contribution in [1.29, 1.82) is 0 Å². The van der Waals surface area contributed by atoms with Gasteiger partial charge in [-0.15, -0.1) is 0 Å². The zero-order chi connectivity index (χ0) is 15.9. The van der Waals surface area contributed by atoms with Crippen molar-refractivity contribution >= 4 is 5.91 Å². The fraction of sp³-hybridized carbons (Fsp3) is 0.947. The summed E-state index contributed by atoms with van der Waals surface area (Å²) in [5.74, 6) is 2.74. The van der Waals surface area contributed by atoms with Crippen molar-refractivity contribution in [1.82, 2.24) is 5.32 Å². The summed E-state index contributed by atoms with van der Waals surface area (Å²) in [5.41, 5.74) is -0.0732. The Balaban J connectivity index is 1.53. The molecule has 4 fully saturated rings. The Morgan fingerprint density at radius 3 is 2.00 bits per heavy atom. The smallest absolute Gasteiger partial charge is 0.226 e. The molecule has 4 rings (SSSR count). The molecular weight excluding hydrogens is 277 g/mol. The van der Waals surface area contributed by atoms with Gasteiger partial charge in [0.25, 0.3) is 0 Å². The van der Waals surface area contributed by atoms with E-state index in [2.05, 4.69) is 5.32 Å². The molecule has 2 atom stereocenters. The van der Waals surface area contributed by atoms with Crippen LogP contribution in [0.4, 0.5) is 4.39 Å². The molecule has 0 heterocycles. The molecule has 0 aromatic heterocycles. The number of carbonyl (C=O) groups is 1. The quantitative estimate of drug-likeness (QED) is 0.770. The minimum Gasteiger partial charge on any atom is -0.353 e. The average Bonchev–Trinajstić information content (AvgIpc) is 2.43. The first-order valence-corrected chi connectivity index (χ1v) is 9.33. The minimum atomic E-state index is -0.751. The molecule has 3 heteroatoms. The Labute approximate surface area is 134 Å². The standard InChI is InChI=1S/C19H32FNO/c1-12(2)17(20)5-4-13(3)21-18(22)19-9-14-6-15(10-19)8-16(7-14)11-19/h12-17H,4-11H2,1-3H3,(H,21,22). The lowest BCUT2D eigenvalue weighted by Gasteiger charge is -2.55. The maximum absolute atomic E-state index is 13.7. The molecule has 1 amide bonds. The van der Waals surface area contributed by atoms with E-state index in [0.717, 1.165) is 43.4 Å². The maximum atomic E-state index is 13.7. The zero-order valence-corrected chi connectivity index (χ0v) is 14.4. The van der Waals surface area contributed by atoms with Gasteiger partial charge in [0, 0.05) is 11.5 Å². The summed E-state index contributed by atoms with van der Waals surface area (Å²) in [5, 5.41) is 3.23. The maximum Gasteiger partial charge on any atom is 0.226 e. The Morgan fingerprint density at radius 1 is 1.05 bits per heavy atom. The molecule has 22 heavy (non-hydrogen) atoms. The van der Waals surface area contributed by atoms with Crippen molar-refractivity contribution in [2.75, 3.05) is 0 Å². The van der Waals surface area contributed by atoms with Crippen LogP contribution in [0.3, 0.4) is 0 Å². The summed E-state index contributed by atoms with van der Waals surface area (Å²) >= 11 is 0. The Hall–Kier alpha value is -0.600. The van der Waals surface area contributed by atoms with Crippen molar-refractivity contribution < 1.29 is 9.18 Å². The van der Waals surface area contributed by atoms with E-state index in [-0.39, 0.29) is 23.3 Å². The van der Waals surface area contributed by atoms with Crippen molar-refractivity contribution in [2.24, 2.45) is 29.1 Å². The van der Waals surface area contributed by atoms with Gasteiger partial charge in [0.1, 0.15) is 6.17 Å². The molecule has 0 aliphatic heterocycles. The summed E-state index contributed by atoms with van der Waals surface area (Å²) in [6.45, 7) is 5.87. The summed E-state index contributed by atoms with van der Waals surface area (Å²) in [4.78, 5) is 12.9. The first-order chi connectivity index (χ1) is 10.4. The number of halogens is 1. The van der Waals surface area contributed by atoms with Crippen LogP contribution in [-0.2, 0) is 4.79 Å². The van der Waals surface area contributed by atoms with Crippen LogP contribution in [0.5, 0.6) is 0 Å². The van der Waals surface area contributed by atoms with Gasteiger partial charge in [-0.05, 0) is 82.0 Å². The number of amides is 1. The fourth-order valence-corrected chi connectivity index (χ4v) is 5.58. The lowest BCUT2D eigenvalue weighted by atomic mass is 9.49. The molecule has 1 N–H and O–H groups in total. The summed E-state index contributed by atoms with van der Waals surface area (Å²) < 4.78 is 13.7. The first kappa shape index (κ1) is 16.3. The average molecular weight is 309 g/mol. The van der Waals surface area contributed by atoms with Crippen LogP contribution in [0, 0.1) is 29.1 Å². The van der Waals surface area contributed by atoms with Gasteiger partial charge in [0.15, 0.2) is 0 Å². The van der Waals surface area contributed by atoms with Crippen LogP contribution in [0.15, 0.2) is 0 Å². The highest BCUT2D eigenvalue weighted by Gasteiger charge is 2.54. The molecule has 4 saturated carbocycles. The molecule has 2 unspecified atom stereocenters. The van der Waals surface area contributed by atoms with E-state index in [0.29, 0.717) is 6.42 Å². The number of hydrogen-bond donors (Lipinski definition) is 1. The molecule has 0 aromatic rings. The second kappa shape index (κ2) is 6.13. The molecule has 2 nitrogen and oxygen atoms in total. The van der Waals surface area contributed by atoms with Gasteiger partial charge in [-0.3, -0.25) is 4.79 Å². The van der Waals surface area contributed by atoms with Gasteiger partial charge in [-0.1, -0.05) is 13.8 Å². The summed E-state index contributed by atoms with van der Waals surface area (Å²) in [6.07, 6.45) is 7.95. The highest BCUT2D eigenvalue weighted by molar-refractivity contribution is 5.83. The van der Waals surface area contributed by atoms with Crippen LogP contribution >= 0.6 is 0 Å². The van der Waals surface area contributed by atoms with Gasteiger partial charge >= 0.3 is 0 Å². The lowest BCUT2D eigenvalue weighted by Crippen LogP contribution is -2.54. The predicted molar refractivity (Wildman–Crippen MR) is 87.2 cm³/mol. The fourth-order valence-electron chi connectivity index (χ4n) is 5.58. The van der Waals surface area contributed by atoms with E-state index >= 15 is 0 Å². The molecule has 0 aromatic carbocycles. The van der Waals surface area contributed by atoms with Crippen molar-refractivity contribution in [2.45, 2.75) is 84.4 Å². The van der Waals surface area contributed by atoms with Crippen LogP contribution in [0.2, 0.25) is 0 Å². The van der Waals surface area contributed by atoms with Gasteiger partial charge in [0.05, 0.1) is 0 Å². The second-order valence-electron chi connectivity index (χ2n) is 8.91. The zero-order valence-electron chi connectivity index (χ0n) is 14.4. The van der Waals surface area contributed by atoms with Crippen LogP contribution in [0.25, 0.3) is 0 Å². The van der Waals surface area contributed by atoms with E-state index in [9.17, 15) is 9.18 Å². The lowest BCUT2D eigenvalue weighted by molar-refractivity contribution is -0.147. The number of nitrogens with one attached hydrogen (secondary N) is 1. The third-order valence-electron chi connectivity index (χ3n) is 6.50. The van der Waals surface area contributed by atoms with E-state index in [1.54, 1.807) is 0 Å². The minimum absolute atomic E-state index is 0.0732. The third kappa shape index (κ3) is 3.19. The van der Waals surface area contributed by atoms with E-state index in [4.69, 9.17) is 0 Å². The first-order valence-electron chi connectivity index (χ1n) is 9.33. The monoisotopic (exact) mass is 309 g/mol.